The summed E-state index contributed by atoms with van der Waals surface area (Å²) in [7, 11) is 0. The van der Waals surface area contributed by atoms with E-state index >= 15 is 0 Å². The fraction of sp³-hybridized carbons (Fsp3) is 0.300. The van der Waals surface area contributed by atoms with E-state index in [1.807, 2.05) is 48.5 Å². The van der Waals surface area contributed by atoms with Crippen LogP contribution in [-0.2, 0) is 18.6 Å². The molecule has 0 aliphatic heterocycles. The third-order valence-electron chi connectivity index (χ3n) is 4.77. The second-order valence-electron chi connectivity index (χ2n) is 6.73. The first-order valence-electron chi connectivity index (χ1n) is 8.69. The van der Waals surface area contributed by atoms with Crippen molar-refractivity contribution in [1.82, 2.24) is 10.1 Å². The second kappa shape index (κ2) is 8.30. The number of nitrogens with zero attached hydrogens (tertiary/aromatic N) is 2. The number of rotatable bonds is 6. The van der Waals surface area contributed by atoms with Gasteiger partial charge in [0.05, 0.1) is 12.0 Å². The summed E-state index contributed by atoms with van der Waals surface area (Å²) >= 11 is 6.17. The molecule has 0 saturated heterocycles. The van der Waals surface area contributed by atoms with Gasteiger partial charge in [-0.05, 0) is 43.0 Å². The number of nitrogens with two attached hydrogens (primary N) is 1. The van der Waals surface area contributed by atoms with Crippen LogP contribution in [0.25, 0.3) is 0 Å². The Morgan fingerprint density at radius 1 is 1.15 bits per heavy atom. The number of benzene rings is 2. The largest absolute Gasteiger partial charge is 0.489 e. The highest BCUT2D eigenvalue weighted by Crippen LogP contribution is 2.37. The molecule has 1 saturated carbocycles. The van der Waals surface area contributed by atoms with Crippen molar-refractivity contribution < 1.29 is 9.26 Å². The first-order chi connectivity index (χ1) is 12.6. The summed E-state index contributed by atoms with van der Waals surface area (Å²) in [5.74, 6) is 1.96. The Balaban J connectivity index is 0.00000210. The first-order valence-corrected chi connectivity index (χ1v) is 9.07. The van der Waals surface area contributed by atoms with E-state index < -0.39 is 5.54 Å². The van der Waals surface area contributed by atoms with E-state index in [1.165, 1.54) is 0 Å². The van der Waals surface area contributed by atoms with Crippen molar-refractivity contribution in [3.8, 4) is 5.75 Å². The normalized spacial score (nSPS) is 14.9. The smallest absolute Gasteiger partial charge is 0.231 e. The summed E-state index contributed by atoms with van der Waals surface area (Å²) < 4.78 is 11.2. The molecule has 3 aromatic rings. The van der Waals surface area contributed by atoms with Crippen molar-refractivity contribution in [2.24, 2.45) is 5.73 Å². The van der Waals surface area contributed by atoms with Gasteiger partial charge in [0.2, 0.25) is 5.89 Å². The number of hydrogen-bond acceptors (Lipinski definition) is 5. The van der Waals surface area contributed by atoms with Crippen molar-refractivity contribution in [1.29, 1.82) is 0 Å². The van der Waals surface area contributed by atoms with Gasteiger partial charge in [0.25, 0.3) is 0 Å². The van der Waals surface area contributed by atoms with Crippen LogP contribution in [0.1, 0.15) is 42.1 Å². The summed E-state index contributed by atoms with van der Waals surface area (Å²) in [5, 5.41) is 4.76. The van der Waals surface area contributed by atoms with E-state index in [-0.39, 0.29) is 12.4 Å². The Hall–Kier alpha value is -2.08. The van der Waals surface area contributed by atoms with Gasteiger partial charge >= 0.3 is 0 Å². The molecule has 0 unspecified atom stereocenters. The molecule has 2 N–H and O–H groups in total. The third-order valence-corrected chi connectivity index (χ3v) is 5.13. The number of aromatic nitrogens is 2. The minimum Gasteiger partial charge on any atom is -0.489 e. The van der Waals surface area contributed by atoms with Gasteiger partial charge in [-0.1, -0.05) is 47.1 Å². The zero-order chi connectivity index (χ0) is 18.0. The van der Waals surface area contributed by atoms with Crippen LogP contribution < -0.4 is 10.5 Å². The molecular weight excluding hydrogens is 385 g/mol. The highest BCUT2D eigenvalue weighted by atomic mass is 35.5. The second-order valence-corrected chi connectivity index (χ2v) is 7.13. The van der Waals surface area contributed by atoms with Crippen LogP contribution >= 0.6 is 24.0 Å². The molecule has 0 spiro atoms. The predicted octanol–water partition coefficient (Wildman–Crippen LogP) is 4.65. The van der Waals surface area contributed by atoms with Gasteiger partial charge in [-0.25, -0.2) is 0 Å². The standard InChI is InChI=1S/C20H20ClN3O2.ClH/c21-17-8-2-1-6-15(17)13-25-16-7-3-5-14(11-16)12-18-23-19(24-26-18)20(22)9-4-10-20;/h1-3,5-8,11H,4,9-10,12-13,22H2;1H. The predicted molar refractivity (Wildman–Crippen MR) is 106 cm³/mol. The maximum Gasteiger partial charge on any atom is 0.231 e. The SMILES string of the molecule is Cl.NC1(c2noc(Cc3cccc(OCc4ccccc4Cl)c3)n2)CCC1. The lowest BCUT2D eigenvalue weighted by Crippen LogP contribution is -2.44. The van der Waals surface area contributed by atoms with Gasteiger partial charge in [0.1, 0.15) is 12.4 Å². The summed E-state index contributed by atoms with van der Waals surface area (Å²) in [6, 6.07) is 15.5. The minimum absolute atomic E-state index is 0. The molecule has 1 heterocycles. The summed E-state index contributed by atoms with van der Waals surface area (Å²) in [5.41, 5.74) is 7.84. The lowest BCUT2D eigenvalue weighted by Gasteiger charge is -2.34. The zero-order valence-corrected chi connectivity index (χ0v) is 16.3. The monoisotopic (exact) mass is 405 g/mol. The topological polar surface area (TPSA) is 74.2 Å². The Bertz CT molecular complexity index is 910. The van der Waals surface area contributed by atoms with Crippen LogP contribution in [0.2, 0.25) is 5.02 Å². The van der Waals surface area contributed by atoms with E-state index in [0.29, 0.717) is 29.8 Å². The molecule has 7 heteroatoms. The fourth-order valence-corrected chi connectivity index (χ4v) is 3.20. The van der Waals surface area contributed by atoms with Crippen molar-refractivity contribution in [3.05, 3.63) is 76.4 Å². The molecule has 27 heavy (non-hydrogen) atoms. The minimum atomic E-state index is -0.401. The van der Waals surface area contributed by atoms with Gasteiger partial charge in [-0.2, -0.15) is 4.98 Å². The molecular formula is C20H21Cl2N3O2. The lowest BCUT2D eigenvalue weighted by atomic mass is 9.77. The summed E-state index contributed by atoms with van der Waals surface area (Å²) in [4.78, 5) is 4.47. The first kappa shape index (κ1) is 19.7. The molecule has 0 radical (unpaired) electrons. The van der Waals surface area contributed by atoms with Crippen molar-refractivity contribution in [2.75, 3.05) is 0 Å². The maximum atomic E-state index is 6.25. The molecule has 1 aromatic heterocycles. The van der Waals surface area contributed by atoms with Gasteiger partial charge in [0.15, 0.2) is 5.82 Å². The van der Waals surface area contributed by atoms with Crippen LogP contribution in [0, 0.1) is 0 Å². The van der Waals surface area contributed by atoms with Crippen LogP contribution in [-0.4, -0.2) is 10.1 Å². The highest BCUT2D eigenvalue weighted by Gasteiger charge is 2.38. The molecule has 0 amide bonds. The number of ether oxygens (including phenoxy) is 1. The highest BCUT2D eigenvalue weighted by molar-refractivity contribution is 6.31. The van der Waals surface area contributed by atoms with E-state index in [4.69, 9.17) is 26.6 Å². The lowest BCUT2D eigenvalue weighted by molar-refractivity contribution is 0.229. The molecule has 0 atom stereocenters. The van der Waals surface area contributed by atoms with Crippen LogP contribution in [0.3, 0.4) is 0 Å². The zero-order valence-electron chi connectivity index (χ0n) is 14.7. The van der Waals surface area contributed by atoms with E-state index in [1.54, 1.807) is 0 Å². The quantitative estimate of drug-likeness (QED) is 0.645. The third kappa shape index (κ3) is 4.43. The maximum absolute atomic E-state index is 6.25. The van der Waals surface area contributed by atoms with E-state index in [0.717, 1.165) is 36.1 Å². The Morgan fingerprint density at radius 3 is 2.70 bits per heavy atom. The van der Waals surface area contributed by atoms with Gasteiger partial charge in [-0.15, -0.1) is 12.4 Å². The van der Waals surface area contributed by atoms with Gasteiger partial charge < -0.3 is 15.0 Å². The molecule has 1 aliphatic carbocycles. The van der Waals surface area contributed by atoms with Gasteiger partial charge in [-0.3, -0.25) is 0 Å². The van der Waals surface area contributed by atoms with Gasteiger partial charge in [0, 0.05) is 10.6 Å². The molecule has 5 nitrogen and oxygen atoms in total. The van der Waals surface area contributed by atoms with Crippen LogP contribution in [0.15, 0.2) is 53.1 Å². The Morgan fingerprint density at radius 2 is 1.96 bits per heavy atom. The number of hydrogen-bond donors (Lipinski definition) is 1. The number of halogens is 2. The van der Waals surface area contributed by atoms with E-state index in [2.05, 4.69) is 10.1 Å². The summed E-state index contributed by atoms with van der Waals surface area (Å²) in [6.45, 7) is 0.420. The molecule has 0 bridgehead atoms. The van der Waals surface area contributed by atoms with Crippen LogP contribution in [0.4, 0.5) is 0 Å². The molecule has 1 aliphatic rings. The molecule has 4 rings (SSSR count). The average Bonchev–Trinajstić information content (AvgIpc) is 3.08. The molecule has 142 valence electrons. The average molecular weight is 406 g/mol. The molecule has 1 fully saturated rings. The Kier molecular flexibility index (Phi) is 6.05. The van der Waals surface area contributed by atoms with Crippen molar-refractivity contribution >= 4 is 24.0 Å². The van der Waals surface area contributed by atoms with Crippen molar-refractivity contribution in [2.45, 2.75) is 37.8 Å². The van der Waals surface area contributed by atoms with Crippen molar-refractivity contribution in [3.63, 3.8) is 0 Å². The fourth-order valence-electron chi connectivity index (χ4n) is 3.01. The van der Waals surface area contributed by atoms with Crippen LogP contribution in [0.5, 0.6) is 5.75 Å². The Labute approximate surface area is 169 Å². The summed E-state index contributed by atoms with van der Waals surface area (Å²) in [6.07, 6.45) is 3.49. The van der Waals surface area contributed by atoms with E-state index in [9.17, 15) is 0 Å². The molecule has 2 aromatic carbocycles.